The van der Waals surface area contributed by atoms with E-state index in [1.54, 1.807) is 0 Å². The topological polar surface area (TPSA) is 9.72 Å². The number of aryl methyl sites for hydroxylation is 1. The van der Waals surface area contributed by atoms with E-state index in [4.69, 9.17) is 0 Å². The second-order valence-corrected chi connectivity index (χ2v) is 7.78. The highest BCUT2D eigenvalue weighted by Gasteiger charge is 2.18. The molecule has 0 bridgehead atoms. The summed E-state index contributed by atoms with van der Waals surface area (Å²) in [7, 11) is 13.4. The van der Waals surface area contributed by atoms with Crippen LogP contribution in [0.4, 0.5) is 17.1 Å². The Hall–Kier alpha value is -1.73. The number of rotatable bonds is 5. The molecule has 0 spiro atoms. The SMILES string of the molecule is Cc1ccccc1Pc1ccc(N(C)C)c(N(C)C)c1N(C)C. The number of anilines is 3. The molecule has 3 nitrogen and oxygen atoms in total. The molecule has 0 heterocycles. The third-order valence-electron chi connectivity index (χ3n) is 3.92. The van der Waals surface area contributed by atoms with Gasteiger partial charge in [-0.1, -0.05) is 38.9 Å². The summed E-state index contributed by atoms with van der Waals surface area (Å²) in [6.07, 6.45) is 0. The van der Waals surface area contributed by atoms with E-state index in [1.165, 1.54) is 33.2 Å². The highest BCUT2D eigenvalue weighted by molar-refractivity contribution is 7.56. The van der Waals surface area contributed by atoms with Crippen molar-refractivity contribution in [3.8, 4) is 0 Å². The van der Waals surface area contributed by atoms with Gasteiger partial charge in [0.2, 0.25) is 0 Å². The van der Waals surface area contributed by atoms with Gasteiger partial charge in [0.15, 0.2) is 0 Å². The molecule has 1 atom stereocenters. The van der Waals surface area contributed by atoms with E-state index in [-0.39, 0.29) is 0 Å². The zero-order chi connectivity index (χ0) is 17.1. The fourth-order valence-corrected chi connectivity index (χ4v) is 4.16. The summed E-state index contributed by atoms with van der Waals surface area (Å²) in [6.45, 7) is 2.19. The van der Waals surface area contributed by atoms with Gasteiger partial charge in [-0.05, 0) is 23.9 Å². The molecular weight excluding hydrogens is 301 g/mol. The van der Waals surface area contributed by atoms with Crippen molar-refractivity contribution in [2.24, 2.45) is 0 Å². The average molecular weight is 329 g/mol. The summed E-state index contributed by atoms with van der Waals surface area (Å²) in [4.78, 5) is 6.64. The molecule has 2 aromatic rings. The van der Waals surface area contributed by atoms with Crippen LogP contribution in [-0.2, 0) is 0 Å². The number of hydrogen-bond acceptors (Lipinski definition) is 3. The van der Waals surface area contributed by atoms with Gasteiger partial charge in [0, 0.05) is 47.6 Å². The second kappa shape index (κ2) is 7.23. The van der Waals surface area contributed by atoms with E-state index >= 15 is 0 Å². The Morgan fingerprint density at radius 3 is 1.78 bits per heavy atom. The Balaban J connectivity index is 2.60. The Morgan fingerprint density at radius 2 is 1.26 bits per heavy atom. The van der Waals surface area contributed by atoms with Crippen LogP contribution in [0.25, 0.3) is 0 Å². The van der Waals surface area contributed by atoms with Crippen molar-refractivity contribution in [3.05, 3.63) is 42.0 Å². The summed E-state index contributed by atoms with van der Waals surface area (Å²) in [5.74, 6) is 0. The number of hydrogen-bond donors (Lipinski definition) is 0. The molecule has 0 aliphatic carbocycles. The lowest BCUT2D eigenvalue weighted by atomic mass is 10.2. The highest BCUT2D eigenvalue weighted by atomic mass is 31.1. The first-order valence-electron chi connectivity index (χ1n) is 7.84. The van der Waals surface area contributed by atoms with Gasteiger partial charge in [-0.2, -0.15) is 0 Å². The van der Waals surface area contributed by atoms with E-state index in [0.717, 1.165) is 0 Å². The molecule has 2 rings (SSSR count). The maximum absolute atomic E-state index is 2.28. The van der Waals surface area contributed by atoms with E-state index < -0.39 is 0 Å². The van der Waals surface area contributed by atoms with Gasteiger partial charge in [-0.25, -0.2) is 0 Å². The first kappa shape index (κ1) is 17.6. The monoisotopic (exact) mass is 329 g/mol. The minimum absolute atomic E-state index is 0.659. The van der Waals surface area contributed by atoms with Crippen LogP contribution < -0.4 is 25.3 Å². The average Bonchev–Trinajstić information content (AvgIpc) is 2.48. The molecule has 4 heteroatoms. The maximum Gasteiger partial charge on any atom is 0.0842 e. The molecule has 0 radical (unpaired) electrons. The van der Waals surface area contributed by atoms with Crippen LogP contribution in [0.5, 0.6) is 0 Å². The van der Waals surface area contributed by atoms with Gasteiger partial charge in [-0.3, -0.25) is 0 Å². The molecule has 0 saturated heterocycles. The van der Waals surface area contributed by atoms with Crippen molar-refractivity contribution in [2.45, 2.75) is 6.92 Å². The third-order valence-corrected chi connectivity index (χ3v) is 5.42. The molecule has 0 aromatic heterocycles. The third kappa shape index (κ3) is 3.79. The van der Waals surface area contributed by atoms with Crippen molar-refractivity contribution in [3.63, 3.8) is 0 Å². The molecule has 0 aliphatic rings. The molecule has 0 N–H and O–H groups in total. The van der Waals surface area contributed by atoms with Gasteiger partial charge in [0.05, 0.1) is 17.1 Å². The zero-order valence-electron chi connectivity index (χ0n) is 15.3. The Morgan fingerprint density at radius 1 is 0.652 bits per heavy atom. The van der Waals surface area contributed by atoms with E-state index in [1.807, 2.05) is 0 Å². The fourth-order valence-electron chi connectivity index (χ4n) is 2.78. The molecule has 0 aliphatic heterocycles. The van der Waals surface area contributed by atoms with E-state index in [0.29, 0.717) is 8.58 Å². The van der Waals surface area contributed by atoms with Crippen molar-refractivity contribution in [2.75, 3.05) is 57.0 Å². The molecule has 0 amide bonds. The van der Waals surface area contributed by atoms with Gasteiger partial charge < -0.3 is 14.7 Å². The van der Waals surface area contributed by atoms with Crippen LogP contribution in [0, 0.1) is 6.92 Å². The number of benzene rings is 2. The lowest BCUT2D eigenvalue weighted by Crippen LogP contribution is -2.26. The zero-order valence-corrected chi connectivity index (χ0v) is 16.3. The van der Waals surface area contributed by atoms with Crippen LogP contribution >= 0.6 is 8.58 Å². The van der Waals surface area contributed by atoms with E-state index in [9.17, 15) is 0 Å². The highest BCUT2D eigenvalue weighted by Crippen LogP contribution is 2.37. The lowest BCUT2D eigenvalue weighted by Gasteiger charge is -2.30. The molecule has 0 fully saturated rings. The summed E-state index contributed by atoms with van der Waals surface area (Å²) < 4.78 is 0. The standard InChI is InChI=1S/C19H28N3P/c1-14-10-8-9-11-16(14)23-17-13-12-15(20(2)3)18(21(4)5)19(17)22(6)7/h8-13,23H,1-7H3. The predicted octanol–water partition coefficient (Wildman–Crippen LogP) is 2.82. The Kier molecular flexibility index (Phi) is 5.54. The van der Waals surface area contributed by atoms with Crippen molar-refractivity contribution in [1.29, 1.82) is 0 Å². The van der Waals surface area contributed by atoms with Gasteiger partial charge in [0.25, 0.3) is 0 Å². The molecule has 23 heavy (non-hydrogen) atoms. The minimum atomic E-state index is 0.659. The van der Waals surface area contributed by atoms with Crippen molar-refractivity contribution >= 4 is 36.3 Å². The minimum Gasteiger partial charge on any atom is -0.376 e. The Bertz CT molecular complexity index is 678. The fraction of sp³-hybridized carbons (Fsp3) is 0.368. The van der Waals surface area contributed by atoms with Crippen LogP contribution in [0.15, 0.2) is 36.4 Å². The summed E-state index contributed by atoms with van der Waals surface area (Å²) in [6, 6.07) is 13.2. The normalized spacial score (nSPS) is 11.1. The van der Waals surface area contributed by atoms with Crippen LogP contribution in [0.2, 0.25) is 0 Å². The largest absolute Gasteiger partial charge is 0.376 e. The maximum atomic E-state index is 2.28. The van der Waals surface area contributed by atoms with Gasteiger partial charge in [0.1, 0.15) is 0 Å². The van der Waals surface area contributed by atoms with Crippen LogP contribution in [-0.4, -0.2) is 42.3 Å². The van der Waals surface area contributed by atoms with Gasteiger partial charge in [-0.15, -0.1) is 0 Å². The first-order chi connectivity index (χ1) is 10.8. The summed E-state index contributed by atoms with van der Waals surface area (Å²) in [5.41, 5.74) is 5.19. The Labute approximate surface area is 142 Å². The predicted molar refractivity (Wildman–Crippen MR) is 108 cm³/mol. The smallest absolute Gasteiger partial charge is 0.0842 e. The molecule has 0 saturated carbocycles. The first-order valence-corrected chi connectivity index (χ1v) is 8.84. The lowest BCUT2D eigenvalue weighted by molar-refractivity contribution is 1.05. The second-order valence-electron chi connectivity index (χ2n) is 6.45. The quantitative estimate of drug-likeness (QED) is 0.781. The van der Waals surface area contributed by atoms with Crippen molar-refractivity contribution < 1.29 is 0 Å². The summed E-state index contributed by atoms with van der Waals surface area (Å²) >= 11 is 0. The molecule has 124 valence electrons. The number of nitrogens with zero attached hydrogens (tertiary/aromatic N) is 3. The van der Waals surface area contributed by atoms with Crippen LogP contribution in [0.3, 0.4) is 0 Å². The summed E-state index contributed by atoms with van der Waals surface area (Å²) in [5, 5.41) is 2.80. The molecule has 2 aromatic carbocycles. The molecular formula is C19H28N3P. The van der Waals surface area contributed by atoms with Crippen LogP contribution in [0.1, 0.15) is 5.56 Å². The molecule has 1 unspecified atom stereocenters. The van der Waals surface area contributed by atoms with Gasteiger partial charge >= 0.3 is 0 Å². The van der Waals surface area contributed by atoms with Crippen molar-refractivity contribution in [1.82, 2.24) is 0 Å². The van der Waals surface area contributed by atoms with E-state index in [2.05, 4.69) is 100 Å².